The fourth-order valence-corrected chi connectivity index (χ4v) is 20.6. The average molecular weight is 1550 g/mol. The van der Waals surface area contributed by atoms with E-state index >= 15 is 0 Å². The number of benzene rings is 20. The Morgan fingerprint density at radius 2 is 0.525 bits per heavy atom. The molecule has 25 aromatic rings. The number of aromatic nitrogens is 5. The fraction of sp³-hybridized carbons (Fsp3) is 0.00855. The van der Waals surface area contributed by atoms with E-state index in [4.69, 9.17) is 0 Å². The molecule has 0 radical (unpaired) electrons. The molecule has 1 unspecified atom stereocenters. The summed E-state index contributed by atoms with van der Waals surface area (Å²) in [5.41, 5.74) is 34.3. The fourth-order valence-electron chi connectivity index (χ4n) is 20.6. The zero-order chi connectivity index (χ0) is 80.0. The normalized spacial score (nSPS) is 12.7. The summed E-state index contributed by atoms with van der Waals surface area (Å²) >= 11 is 0. The summed E-state index contributed by atoms with van der Waals surface area (Å²) in [6.45, 7) is 0. The molecule has 0 amide bonds. The minimum Gasteiger partial charge on any atom is -0.309 e. The van der Waals surface area contributed by atoms with Crippen LogP contribution in [0.2, 0.25) is 0 Å². The molecule has 0 aliphatic heterocycles. The first-order valence-corrected chi connectivity index (χ1v) is 42.2. The van der Waals surface area contributed by atoms with E-state index < -0.39 is 0 Å². The monoisotopic (exact) mass is 1550 g/mol. The van der Waals surface area contributed by atoms with E-state index in [9.17, 15) is 0 Å². The predicted octanol–water partition coefficient (Wildman–Crippen LogP) is 31.0. The number of rotatable bonds is 10. The van der Waals surface area contributed by atoms with E-state index in [2.05, 4.69) is 472 Å². The van der Waals surface area contributed by atoms with Crippen LogP contribution < -0.4 is 0 Å². The van der Waals surface area contributed by atoms with Gasteiger partial charge in [0.2, 0.25) is 0 Å². The zero-order valence-electron chi connectivity index (χ0n) is 66.5. The van der Waals surface area contributed by atoms with Gasteiger partial charge in [0.05, 0.1) is 66.5 Å². The van der Waals surface area contributed by atoms with E-state index in [-0.39, 0.29) is 5.92 Å². The first-order chi connectivity index (χ1) is 60.6. The van der Waals surface area contributed by atoms with Gasteiger partial charge in [0.25, 0.3) is 0 Å². The van der Waals surface area contributed by atoms with Crippen LogP contribution in [0, 0.1) is 0 Å². The molecule has 5 nitrogen and oxygen atoms in total. The molecule has 0 saturated heterocycles. The highest BCUT2D eigenvalue weighted by atomic mass is 15.1. The van der Waals surface area contributed by atoms with Crippen LogP contribution in [0.3, 0.4) is 0 Å². The van der Waals surface area contributed by atoms with E-state index in [1.54, 1.807) is 0 Å². The summed E-state index contributed by atoms with van der Waals surface area (Å²) in [5.74, 6) is 0.172. The third kappa shape index (κ3) is 10.8. The van der Waals surface area contributed by atoms with Crippen molar-refractivity contribution in [3.63, 3.8) is 0 Å². The van der Waals surface area contributed by atoms with Crippen molar-refractivity contribution in [2.75, 3.05) is 0 Å². The van der Waals surface area contributed by atoms with Crippen molar-refractivity contribution in [1.29, 1.82) is 0 Å². The summed E-state index contributed by atoms with van der Waals surface area (Å²) < 4.78 is 12.4. The van der Waals surface area contributed by atoms with Crippen molar-refractivity contribution in [3.05, 3.63) is 466 Å². The Hall–Kier alpha value is -16.1. The Morgan fingerprint density at radius 3 is 1.15 bits per heavy atom. The second kappa shape index (κ2) is 27.8. The SMILES string of the molecule is c1ccc(-c2cccc(-n3c4ccccc4c4cc(-c5ccc6c(c5)c5ccc7c8ccccc8n(-c8ccccc8)c7c5n6-c5cccc6ccccc56)ccc43)c2)cc1.c1ccc(-c2cccc(C3c4ccccc4-c4cc(-c5ccc6c(c5)c5ccc7c(c8ccccc8n7-c7ccccc7)c5n6-c5cccc6ccccc56)ccc43)c2)cc1. The van der Waals surface area contributed by atoms with Gasteiger partial charge in [-0.1, -0.05) is 334 Å². The Morgan fingerprint density at radius 1 is 0.164 bits per heavy atom. The van der Waals surface area contributed by atoms with Gasteiger partial charge in [-0.05, 0) is 198 Å². The number of hydrogen-bond acceptors (Lipinski definition) is 0. The zero-order valence-corrected chi connectivity index (χ0v) is 66.5. The van der Waals surface area contributed by atoms with Crippen LogP contribution in [0.25, 0.3) is 215 Å². The highest BCUT2D eigenvalue weighted by Crippen LogP contribution is 2.52. The molecular formula is C117H75N5. The molecule has 0 N–H and O–H groups in total. The lowest BCUT2D eigenvalue weighted by molar-refractivity contribution is 1.02. The van der Waals surface area contributed by atoms with Gasteiger partial charge in [0, 0.05) is 87.6 Å². The minimum atomic E-state index is 0.172. The van der Waals surface area contributed by atoms with Crippen molar-refractivity contribution < 1.29 is 0 Å². The van der Waals surface area contributed by atoms with Gasteiger partial charge in [-0.25, -0.2) is 0 Å². The second-order valence-corrected chi connectivity index (χ2v) is 32.5. The lowest BCUT2D eigenvalue weighted by atomic mass is 9.87. The summed E-state index contributed by atoms with van der Waals surface area (Å²) in [7, 11) is 0. The van der Waals surface area contributed by atoms with Crippen LogP contribution >= 0.6 is 0 Å². The maximum absolute atomic E-state index is 2.54. The molecule has 1 aliphatic rings. The third-order valence-electron chi connectivity index (χ3n) is 26.0. The topological polar surface area (TPSA) is 24.6 Å². The quantitative estimate of drug-likeness (QED) is 0.130. The van der Waals surface area contributed by atoms with Crippen LogP contribution in [-0.4, -0.2) is 22.8 Å². The van der Waals surface area contributed by atoms with E-state index in [0.717, 1.165) is 17.1 Å². The standard InChI is InChI=1S/C59H38N2.C58H37N3/c1-3-15-38(16-4-1)40-19-13-20-43(35-40)57-47-25-10-9-24-46(47)51-36-41(29-31-48(51)57)42-30-33-55-52(37-42)49-32-34-56-58(50-26-11-12-27-54(50)60(56)44-21-5-2-6-22-44)59(49)61(55)53-28-14-18-39-17-7-8-23-45(39)53;1-3-15-38(16-4-1)40-19-13-22-44(35-40)59-53-26-11-10-25-47(53)50-36-41(29-33-55(50)59)42-30-34-56-51(37-42)49-32-31-48-46-24-9-12-27-54(46)60(43-20-5-2-6-21-43)57(48)58(49)61(56)52-28-14-18-39-17-7-8-23-45(39)52/h1-37,57H;1-37H. The van der Waals surface area contributed by atoms with Crippen LogP contribution in [0.4, 0.5) is 0 Å². The largest absolute Gasteiger partial charge is 0.309 e. The smallest absolute Gasteiger partial charge is 0.0789 e. The van der Waals surface area contributed by atoms with E-state index in [1.165, 1.54) is 214 Å². The van der Waals surface area contributed by atoms with Gasteiger partial charge in [-0.15, -0.1) is 0 Å². The molecule has 20 aromatic carbocycles. The number of fused-ring (bicyclic) bond motifs is 22. The number of nitrogens with zero attached hydrogens (tertiary/aromatic N) is 5. The van der Waals surface area contributed by atoms with Crippen LogP contribution in [0.5, 0.6) is 0 Å². The van der Waals surface area contributed by atoms with Crippen LogP contribution in [0.1, 0.15) is 22.6 Å². The van der Waals surface area contributed by atoms with E-state index in [0.29, 0.717) is 0 Å². The van der Waals surface area contributed by atoms with Crippen molar-refractivity contribution in [2.24, 2.45) is 0 Å². The third-order valence-corrected chi connectivity index (χ3v) is 26.0. The van der Waals surface area contributed by atoms with E-state index in [1.807, 2.05) is 0 Å². The van der Waals surface area contributed by atoms with Gasteiger partial charge in [-0.2, -0.15) is 0 Å². The second-order valence-electron chi connectivity index (χ2n) is 32.5. The van der Waals surface area contributed by atoms with Gasteiger partial charge in [-0.3, -0.25) is 0 Å². The molecule has 0 spiro atoms. The first-order valence-electron chi connectivity index (χ1n) is 42.2. The minimum absolute atomic E-state index is 0.172. The van der Waals surface area contributed by atoms with Crippen molar-refractivity contribution in [1.82, 2.24) is 22.8 Å². The first kappa shape index (κ1) is 69.1. The molecule has 26 rings (SSSR count). The molecule has 1 aliphatic carbocycles. The molecule has 5 heteroatoms. The Bertz CT molecular complexity index is 8560. The molecule has 0 saturated carbocycles. The van der Waals surface area contributed by atoms with Crippen molar-refractivity contribution >= 4 is 131 Å². The summed E-state index contributed by atoms with van der Waals surface area (Å²) in [4.78, 5) is 0. The molecule has 5 aromatic heterocycles. The van der Waals surface area contributed by atoms with Gasteiger partial charge < -0.3 is 22.8 Å². The maximum atomic E-state index is 2.54. The Labute approximate surface area is 704 Å². The highest BCUT2D eigenvalue weighted by Gasteiger charge is 2.32. The molecule has 0 bridgehead atoms. The maximum Gasteiger partial charge on any atom is 0.0789 e. The number of hydrogen-bond donors (Lipinski definition) is 0. The van der Waals surface area contributed by atoms with Gasteiger partial charge >= 0.3 is 0 Å². The Kier molecular flexibility index (Phi) is 15.7. The summed E-state index contributed by atoms with van der Waals surface area (Å²) in [6.07, 6.45) is 0. The Balaban J connectivity index is 0.000000134. The molecular weight excluding hydrogens is 1480 g/mol. The average Bonchev–Trinajstić information content (AvgIpc) is 1.54. The lowest BCUT2D eigenvalue weighted by Gasteiger charge is -2.16. The lowest BCUT2D eigenvalue weighted by Crippen LogP contribution is -1.99. The van der Waals surface area contributed by atoms with Crippen LogP contribution in [0.15, 0.2) is 449 Å². The van der Waals surface area contributed by atoms with Crippen molar-refractivity contribution in [3.8, 4) is 84.1 Å². The predicted molar refractivity (Wildman–Crippen MR) is 514 cm³/mol. The molecule has 1 atom stereocenters. The number of para-hydroxylation sites is 5. The summed E-state index contributed by atoms with van der Waals surface area (Å²) in [5, 5.41) is 17.4. The molecule has 122 heavy (non-hydrogen) atoms. The van der Waals surface area contributed by atoms with Gasteiger partial charge in [0.15, 0.2) is 0 Å². The highest BCUT2D eigenvalue weighted by molar-refractivity contribution is 6.28. The molecule has 0 fully saturated rings. The van der Waals surface area contributed by atoms with Crippen LogP contribution in [-0.2, 0) is 0 Å². The van der Waals surface area contributed by atoms with Crippen molar-refractivity contribution in [2.45, 2.75) is 5.92 Å². The molecule has 568 valence electrons. The summed E-state index contributed by atoms with van der Waals surface area (Å²) in [6, 6.07) is 165. The molecule has 5 heterocycles. The van der Waals surface area contributed by atoms with Gasteiger partial charge in [0.1, 0.15) is 0 Å².